The fraction of sp³-hybridized carbons (Fsp3) is 0.364. The summed E-state index contributed by atoms with van der Waals surface area (Å²) < 4.78 is 1.81. The highest BCUT2D eigenvalue weighted by Crippen LogP contribution is 2.12. The van der Waals surface area contributed by atoms with Crippen LogP contribution in [-0.2, 0) is 13.5 Å². The number of rotatable bonds is 4. The molecule has 0 saturated carbocycles. The van der Waals surface area contributed by atoms with Gasteiger partial charge in [0, 0.05) is 19.3 Å². The number of aryl methyl sites for hydroxylation is 1. The van der Waals surface area contributed by atoms with Crippen LogP contribution >= 0.6 is 11.3 Å². The van der Waals surface area contributed by atoms with Crippen molar-refractivity contribution in [1.82, 2.24) is 9.78 Å². The maximum atomic E-state index is 4.12. The molecule has 0 aliphatic heterocycles. The monoisotopic (exact) mass is 221 g/mol. The highest BCUT2D eigenvalue weighted by molar-refractivity contribution is 7.07. The molecule has 2 heterocycles. The van der Waals surface area contributed by atoms with Crippen LogP contribution in [0.5, 0.6) is 0 Å². The second-order valence-electron chi connectivity index (χ2n) is 3.78. The molecule has 0 radical (unpaired) electrons. The molecule has 0 spiro atoms. The molecule has 0 aliphatic carbocycles. The normalized spacial score (nSPS) is 12.7. The molecule has 0 saturated heterocycles. The van der Waals surface area contributed by atoms with Crippen molar-refractivity contribution >= 4 is 17.0 Å². The summed E-state index contributed by atoms with van der Waals surface area (Å²) in [6.07, 6.45) is 4.90. The Balaban J connectivity index is 1.90. The Kier molecular flexibility index (Phi) is 3.06. The van der Waals surface area contributed by atoms with E-state index in [1.54, 1.807) is 16.0 Å². The lowest BCUT2D eigenvalue weighted by Crippen LogP contribution is -2.17. The van der Waals surface area contributed by atoms with Gasteiger partial charge in [-0.25, -0.2) is 0 Å². The first-order valence-corrected chi connectivity index (χ1v) is 5.94. The van der Waals surface area contributed by atoms with Gasteiger partial charge in [0.2, 0.25) is 0 Å². The van der Waals surface area contributed by atoms with E-state index in [4.69, 9.17) is 0 Å². The number of nitrogens with zero attached hydrogens (tertiary/aromatic N) is 2. The quantitative estimate of drug-likeness (QED) is 0.859. The SMILES string of the molecule is CC(Cc1ccsc1)Nc1cnn(C)c1. The van der Waals surface area contributed by atoms with Gasteiger partial charge in [0.05, 0.1) is 11.9 Å². The number of anilines is 1. The second-order valence-corrected chi connectivity index (χ2v) is 4.56. The smallest absolute Gasteiger partial charge is 0.0728 e. The van der Waals surface area contributed by atoms with Crippen LogP contribution in [-0.4, -0.2) is 15.8 Å². The Labute approximate surface area is 93.7 Å². The van der Waals surface area contributed by atoms with Gasteiger partial charge in [-0.3, -0.25) is 4.68 Å². The van der Waals surface area contributed by atoms with E-state index in [1.807, 2.05) is 19.4 Å². The third-order valence-electron chi connectivity index (χ3n) is 2.24. The first-order chi connectivity index (χ1) is 7.24. The summed E-state index contributed by atoms with van der Waals surface area (Å²) >= 11 is 1.75. The molecule has 0 amide bonds. The Hall–Kier alpha value is -1.29. The molecule has 0 bridgehead atoms. The third kappa shape index (κ3) is 2.83. The van der Waals surface area contributed by atoms with Crippen molar-refractivity contribution in [3.05, 3.63) is 34.8 Å². The van der Waals surface area contributed by atoms with Crippen LogP contribution in [0.1, 0.15) is 12.5 Å². The summed E-state index contributed by atoms with van der Waals surface area (Å²) in [5.41, 5.74) is 2.48. The molecule has 3 nitrogen and oxygen atoms in total. The van der Waals surface area contributed by atoms with Crippen molar-refractivity contribution in [1.29, 1.82) is 0 Å². The van der Waals surface area contributed by atoms with Crippen LogP contribution in [0.15, 0.2) is 29.2 Å². The highest BCUT2D eigenvalue weighted by Gasteiger charge is 2.04. The Morgan fingerprint density at radius 3 is 3.07 bits per heavy atom. The van der Waals surface area contributed by atoms with Crippen molar-refractivity contribution < 1.29 is 0 Å². The second kappa shape index (κ2) is 4.49. The lowest BCUT2D eigenvalue weighted by atomic mass is 10.1. The van der Waals surface area contributed by atoms with Gasteiger partial charge in [0.1, 0.15) is 0 Å². The van der Waals surface area contributed by atoms with Gasteiger partial charge >= 0.3 is 0 Å². The van der Waals surface area contributed by atoms with E-state index in [-0.39, 0.29) is 0 Å². The van der Waals surface area contributed by atoms with Crippen molar-refractivity contribution in [2.24, 2.45) is 7.05 Å². The minimum atomic E-state index is 0.434. The molecule has 0 fully saturated rings. The summed E-state index contributed by atoms with van der Waals surface area (Å²) in [5, 5.41) is 11.9. The molecule has 1 atom stereocenters. The summed E-state index contributed by atoms with van der Waals surface area (Å²) in [6, 6.07) is 2.61. The lowest BCUT2D eigenvalue weighted by Gasteiger charge is -2.12. The lowest BCUT2D eigenvalue weighted by molar-refractivity contribution is 0.766. The van der Waals surface area contributed by atoms with Crippen LogP contribution in [0.4, 0.5) is 5.69 Å². The van der Waals surface area contributed by atoms with Crippen LogP contribution in [0.2, 0.25) is 0 Å². The summed E-state index contributed by atoms with van der Waals surface area (Å²) in [6.45, 7) is 2.19. The minimum absolute atomic E-state index is 0.434. The van der Waals surface area contributed by atoms with Gasteiger partial charge in [-0.15, -0.1) is 0 Å². The maximum absolute atomic E-state index is 4.12. The molecule has 4 heteroatoms. The first kappa shape index (κ1) is 10.2. The largest absolute Gasteiger partial charge is 0.380 e. The average molecular weight is 221 g/mol. The van der Waals surface area contributed by atoms with Crippen molar-refractivity contribution in [2.75, 3.05) is 5.32 Å². The van der Waals surface area contributed by atoms with Crippen molar-refractivity contribution in [3.63, 3.8) is 0 Å². The molecular formula is C11H15N3S. The number of thiophene rings is 1. The molecule has 15 heavy (non-hydrogen) atoms. The molecule has 1 unspecified atom stereocenters. The van der Waals surface area contributed by atoms with Gasteiger partial charge in [-0.1, -0.05) is 0 Å². The van der Waals surface area contributed by atoms with Crippen LogP contribution in [0, 0.1) is 0 Å². The van der Waals surface area contributed by atoms with E-state index in [9.17, 15) is 0 Å². The van der Waals surface area contributed by atoms with E-state index in [2.05, 4.69) is 34.2 Å². The average Bonchev–Trinajstić information content (AvgIpc) is 2.77. The Morgan fingerprint density at radius 2 is 2.47 bits per heavy atom. The molecule has 0 aromatic carbocycles. The van der Waals surface area contributed by atoms with Gasteiger partial charge in [-0.05, 0) is 35.7 Å². The number of aromatic nitrogens is 2. The fourth-order valence-electron chi connectivity index (χ4n) is 1.59. The minimum Gasteiger partial charge on any atom is -0.380 e. The van der Waals surface area contributed by atoms with E-state index in [0.29, 0.717) is 6.04 Å². The zero-order valence-electron chi connectivity index (χ0n) is 8.97. The Bertz CT molecular complexity index is 405. The Morgan fingerprint density at radius 1 is 1.60 bits per heavy atom. The summed E-state index contributed by atoms with van der Waals surface area (Å²) in [4.78, 5) is 0. The zero-order valence-corrected chi connectivity index (χ0v) is 9.79. The van der Waals surface area contributed by atoms with Crippen molar-refractivity contribution in [2.45, 2.75) is 19.4 Å². The van der Waals surface area contributed by atoms with Gasteiger partial charge in [0.25, 0.3) is 0 Å². The highest BCUT2D eigenvalue weighted by atomic mass is 32.1. The zero-order chi connectivity index (χ0) is 10.7. The van der Waals surface area contributed by atoms with E-state index < -0.39 is 0 Å². The van der Waals surface area contributed by atoms with Crippen molar-refractivity contribution in [3.8, 4) is 0 Å². The molecule has 2 aromatic rings. The van der Waals surface area contributed by atoms with E-state index in [1.165, 1.54) is 5.56 Å². The van der Waals surface area contributed by atoms with E-state index >= 15 is 0 Å². The van der Waals surface area contributed by atoms with Crippen LogP contribution in [0.25, 0.3) is 0 Å². The predicted octanol–water partition coefficient (Wildman–Crippen LogP) is 2.52. The fourth-order valence-corrected chi connectivity index (χ4v) is 2.28. The maximum Gasteiger partial charge on any atom is 0.0728 e. The molecule has 2 aromatic heterocycles. The van der Waals surface area contributed by atoms with Gasteiger partial charge in [0.15, 0.2) is 0 Å². The standard InChI is InChI=1S/C11H15N3S/c1-9(5-10-3-4-15-8-10)13-11-6-12-14(2)7-11/h3-4,6-9,13H,5H2,1-2H3. The molecule has 1 N–H and O–H groups in total. The van der Waals surface area contributed by atoms with Crippen LogP contribution < -0.4 is 5.32 Å². The molecule has 0 aliphatic rings. The number of hydrogen-bond donors (Lipinski definition) is 1. The van der Waals surface area contributed by atoms with Gasteiger partial charge in [-0.2, -0.15) is 16.4 Å². The summed E-state index contributed by atoms with van der Waals surface area (Å²) in [7, 11) is 1.93. The predicted molar refractivity (Wildman–Crippen MR) is 64.3 cm³/mol. The van der Waals surface area contributed by atoms with E-state index in [0.717, 1.165) is 12.1 Å². The molecule has 2 rings (SSSR count). The van der Waals surface area contributed by atoms with Crippen LogP contribution in [0.3, 0.4) is 0 Å². The topological polar surface area (TPSA) is 29.9 Å². The first-order valence-electron chi connectivity index (χ1n) is 5.00. The number of hydrogen-bond acceptors (Lipinski definition) is 3. The number of nitrogens with one attached hydrogen (secondary N) is 1. The van der Waals surface area contributed by atoms with Gasteiger partial charge < -0.3 is 5.32 Å². The third-order valence-corrected chi connectivity index (χ3v) is 2.97. The molecular weight excluding hydrogens is 206 g/mol. The summed E-state index contributed by atoms with van der Waals surface area (Å²) in [5.74, 6) is 0. The molecule has 80 valence electrons.